The van der Waals surface area contributed by atoms with Crippen molar-refractivity contribution < 1.29 is 23.8 Å². The Morgan fingerprint density at radius 3 is 1.03 bits per heavy atom. The summed E-state index contributed by atoms with van der Waals surface area (Å²) in [6.07, 6.45) is 84.7. The van der Waals surface area contributed by atoms with E-state index in [1.807, 2.05) is 0 Å². The van der Waals surface area contributed by atoms with E-state index in [0.29, 0.717) is 19.4 Å². The van der Waals surface area contributed by atoms with Crippen LogP contribution in [0.15, 0.2) is 134 Å². The number of carbonyl (C=O) groups is 2. The van der Waals surface area contributed by atoms with Crippen LogP contribution in [-0.2, 0) is 23.8 Å². The van der Waals surface area contributed by atoms with Gasteiger partial charge in [0.25, 0.3) is 0 Å². The second-order valence-electron chi connectivity index (χ2n) is 18.4. The molecular formula is C65H106O5. The Bertz CT molecular complexity index is 1470. The van der Waals surface area contributed by atoms with Gasteiger partial charge in [0.2, 0.25) is 0 Å². The fourth-order valence-corrected chi connectivity index (χ4v) is 7.44. The first-order valence-corrected chi connectivity index (χ1v) is 28.7. The number of esters is 2. The lowest BCUT2D eigenvalue weighted by Gasteiger charge is -2.18. The summed E-state index contributed by atoms with van der Waals surface area (Å²) < 4.78 is 17.4. The van der Waals surface area contributed by atoms with E-state index in [-0.39, 0.29) is 25.2 Å². The van der Waals surface area contributed by atoms with Crippen LogP contribution in [0.2, 0.25) is 0 Å². The van der Waals surface area contributed by atoms with Crippen LogP contribution in [-0.4, -0.2) is 37.9 Å². The fraction of sp³-hybridized carbons (Fsp3) is 0.631. The summed E-state index contributed by atoms with van der Waals surface area (Å²) in [5, 5.41) is 0. The third-order valence-corrected chi connectivity index (χ3v) is 11.7. The van der Waals surface area contributed by atoms with Crippen molar-refractivity contribution in [1.82, 2.24) is 0 Å². The topological polar surface area (TPSA) is 61.8 Å². The van der Waals surface area contributed by atoms with Gasteiger partial charge < -0.3 is 14.2 Å². The van der Waals surface area contributed by atoms with E-state index in [1.54, 1.807) is 0 Å². The van der Waals surface area contributed by atoms with Crippen LogP contribution in [0.5, 0.6) is 0 Å². The van der Waals surface area contributed by atoms with Crippen molar-refractivity contribution in [2.45, 2.75) is 245 Å². The molecule has 0 radical (unpaired) electrons. The Morgan fingerprint density at radius 2 is 0.643 bits per heavy atom. The number of rotatable bonds is 51. The van der Waals surface area contributed by atoms with Crippen molar-refractivity contribution in [3.63, 3.8) is 0 Å². The number of hydrogen-bond acceptors (Lipinski definition) is 5. The number of carbonyl (C=O) groups excluding carboxylic acids is 2. The van der Waals surface area contributed by atoms with Crippen LogP contribution >= 0.6 is 0 Å². The molecule has 0 amide bonds. The minimum atomic E-state index is -0.575. The Labute approximate surface area is 432 Å². The maximum atomic E-state index is 12.9. The highest BCUT2D eigenvalue weighted by Crippen LogP contribution is 2.13. The molecule has 0 aliphatic heterocycles. The second kappa shape index (κ2) is 59.3. The zero-order valence-electron chi connectivity index (χ0n) is 45.5. The third-order valence-electron chi connectivity index (χ3n) is 11.7. The number of allylic oxidation sites excluding steroid dienone is 22. The molecule has 0 aliphatic carbocycles. The van der Waals surface area contributed by atoms with Gasteiger partial charge in [0.05, 0.1) is 6.61 Å². The highest BCUT2D eigenvalue weighted by molar-refractivity contribution is 5.70. The molecule has 0 fully saturated rings. The minimum absolute atomic E-state index is 0.0502. The Morgan fingerprint density at radius 1 is 0.329 bits per heavy atom. The molecule has 5 nitrogen and oxygen atoms in total. The zero-order chi connectivity index (χ0) is 50.6. The molecule has 0 aromatic heterocycles. The average Bonchev–Trinajstić information content (AvgIpc) is 3.36. The van der Waals surface area contributed by atoms with E-state index in [9.17, 15) is 9.59 Å². The summed E-state index contributed by atoms with van der Waals surface area (Å²) in [6, 6.07) is 0. The first kappa shape index (κ1) is 66.0. The molecule has 0 heterocycles. The monoisotopic (exact) mass is 967 g/mol. The normalized spacial score (nSPS) is 13.2. The van der Waals surface area contributed by atoms with Gasteiger partial charge in [-0.1, -0.05) is 225 Å². The van der Waals surface area contributed by atoms with Crippen molar-refractivity contribution >= 4 is 11.9 Å². The molecule has 1 atom stereocenters. The molecule has 0 aromatic carbocycles. The maximum Gasteiger partial charge on any atom is 0.306 e. The largest absolute Gasteiger partial charge is 0.462 e. The van der Waals surface area contributed by atoms with E-state index in [1.165, 1.54) is 57.8 Å². The molecule has 396 valence electrons. The van der Waals surface area contributed by atoms with Crippen molar-refractivity contribution in [3.8, 4) is 0 Å². The van der Waals surface area contributed by atoms with Crippen LogP contribution < -0.4 is 0 Å². The van der Waals surface area contributed by atoms with Crippen LogP contribution in [0.4, 0.5) is 0 Å². The van der Waals surface area contributed by atoms with E-state index in [0.717, 1.165) is 148 Å². The van der Waals surface area contributed by atoms with E-state index in [4.69, 9.17) is 14.2 Å². The molecule has 0 spiro atoms. The zero-order valence-corrected chi connectivity index (χ0v) is 45.5. The fourth-order valence-electron chi connectivity index (χ4n) is 7.44. The second-order valence-corrected chi connectivity index (χ2v) is 18.4. The number of unbranched alkanes of at least 4 members (excludes halogenated alkanes) is 18. The molecule has 70 heavy (non-hydrogen) atoms. The van der Waals surface area contributed by atoms with Crippen molar-refractivity contribution in [2.24, 2.45) is 0 Å². The quantitative estimate of drug-likeness (QED) is 0.0345. The predicted molar refractivity (Wildman–Crippen MR) is 306 cm³/mol. The van der Waals surface area contributed by atoms with Crippen LogP contribution in [0, 0.1) is 0 Å². The Hall–Kier alpha value is -3.96. The lowest BCUT2D eigenvalue weighted by Crippen LogP contribution is -2.30. The summed E-state index contributed by atoms with van der Waals surface area (Å²) in [4.78, 5) is 25.5. The molecule has 0 saturated carbocycles. The molecule has 5 heteroatoms. The Balaban J connectivity index is 4.42. The molecule has 0 saturated heterocycles. The highest BCUT2D eigenvalue weighted by atomic mass is 16.6. The molecule has 0 bridgehead atoms. The van der Waals surface area contributed by atoms with Gasteiger partial charge in [0.15, 0.2) is 6.10 Å². The summed E-state index contributed by atoms with van der Waals surface area (Å²) >= 11 is 0. The van der Waals surface area contributed by atoms with Gasteiger partial charge >= 0.3 is 11.9 Å². The average molecular weight is 968 g/mol. The van der Waals surface area contributed by atoms with E-state index < -0.39 is 6.10 Å². The molecule has 0 aromatic rings. The highest BCUT2D eigenvalue weighted by Gasteiger charge is 2.17. The first-order valence-electron chi connectivity index (χ1n) is 28.7. The van der Waals surface area contributed by atoms with Crippen LogP contribution in [0.25, 0.3) is 0 Å². The SMILES string of the molecule is CC/C=C\C/C=C\C/C=C\C/C=C\C/C=C\CCCCCCOCC(COC(=O)CCCCCC/C=C\C/C=C\C/C=C\C/C=C\CC)OC(=O)CCCCCCCCC/C=C\C/C=C\CCCCC. The molecule has 0 aliphatic rings. The molecular weight excluding hydrogens is 861 g/mol. The smallest absolute Gasteiger partial charge is 0.306 e. The molecule has 1 unspecified atom stereocenters. The summed E-state index contributed by atoms with van der Waals surface area (Å²) in [6.45, 7) is 7.48. The predicted octanol–water partition coefficient (Wildman–Crippen LogP) is 19.9. The van der Waals surface area contributed by atoms with E-state index in [2.05, 4.69) is 154 Å². The van der Waals surface area contributed by atoms with Crippen LogP contribution in [0.1, 0.15) is 239 Å². The van der Waals surface area contributed by atoms with Crippen molar-refractivity contribution in [2.75, 3.05) is 19.8 Å². The van der Waals surface area contributed by atoms with Gasteiger partial charge in [-0.15, -0.1) is 0 Å². The van der Waals surface area contributed by atoms with Gasteiger partial charge in [-0.05, 0) is 135 Å². The van der Waals surface area contributed by atoms with Gasteiger partial charge in [0, 0.05) is 19.4 Å². The van der Waals surface area contributed by atoms with Crippen molar-refractivity contribution in [1.29, 1.82) is 0 Å². The first-order chi connectivity index (χ1) is 34.6. The minimum Gasteiger partial charge on any atom is -0.462 e. The van der Waals surface area contributed by atoms with Crippen LogP contribution in [0.3, 0.4) is 0 Å². The number of hydrogen-bond donors (Lipinski definition) is 0. The summed E-state index contributed by atoms with van der Waals surface area (Å²) in [7, 11) is 0. The van der Waals surface area contributed by atoms with Crippen molar-refractivity contribution in [3.05, 3.63) is 134 Å². The summed E-state index contributed by atoms with van der Waals surface area (Å²) in [5.74, 6) is -0.454. The third kappa shape index (κ3) is 56.6. The number of ether oxygens (including phenoxy) is 3. The standard InChI is InChI=1S/C65H106O5/c1-4-7-10-13-16-19-22-25-28-31-32-33-36-39-42-45-48-51-54-57-60-68-61-63(70-65(67)59-56-53-50-47-44-41-38-35-30-27-24-21-18-15-12-9-6-3)62-69-64(66)58-55-52-49-46-43-40-37-34-29-26-23-20-17-14-11-8-5-2/h7-8,10-11,16-21,25-30,32-33,37,39-40,42,63H,4-6,9,12-15,22-24,31,34-36,38,41,43-62H2,1-3H3/b10-7-,11-8-,19-16-,20-17-,21-18-,28-25-,29-26-,30-27-,33-32-,40-37-,42-39-. The lowest BCUT2D eigenvalue weighted by molar-refractivity contribution is -0.163. The van der Waals surface area contributed by atoms with Gasteiger partial charge in [0.1, 0.15) is 6.61 Å². The summed E-state index contributed by atoms with van der Waals surface area (Å²) in [5.41, 5.74) is 0. The van der Waals surface area contributed by atoms with Gasteiger partial charge in [-0.3, -0.25) is 9.59 Å². The van der Waals surface area contributed by atoms with Gasteiger partial charge in [-0.25, -0.2) is 0 Å². The van der Waals surface area contributed by atoms with Gasteiger partial charge in [-0.2, -0.15) is 0 Å². The molecule has 0 rings (SSSR count). The maximum absolute atomic E-state index is 12.9. The lowest BCUT2D eigenvalue weighted by atomic mass is 10.1. The Kier molecular flexibility index (Phi) is 56.0. The molecule has 0 N–H and O–H groups in total. The van der Waals surface area contributed by atoms with E-state index >= 15 is 0 Å².